The number of hydrogen-bond acceptors (Lipinski definition) is 5. The first-order valence-electron chi connectivity index (χ1n) is 8.01. The van der Waals surface area contributed by atoms with Crippen molar-refractivity contribution in [3.05, 3.63) is 70.8 Å². The maximum atomic E-state index is 12.4. The summed E-state index contributed by atoms with van der Waals surface area (Å²) < 4.78 is 6.04. The van der Waals surface area contributed by atoms with Crippen LogP contribution in [0.3, 0.4) is 0 Å². The summed E-state index contributed by atoms with van der Waals surface area (Å²) in [7, 11) is 1.31. The molecule has 1 heterocycles. The molecular weight excluding hydrogens is 334 g/mol. The molecule has 0 saturated carbocycles. The maximum Gasteiger partial charge on any atom is 0.337 e. The van der Waals surface area contributed by atoms with E-state index in [9.17, 15) is 14.4 Å². The number of amides is 1. The van der Waals surface area contributed by atoms with Crippen LogP contribution in [0.4, 0.5) is 5.69 Å². The van der Waals surface area contributed by atoms with Gasteiger partial charge in [-0.25, -0.2) is 9.78 Å². The Bertz CT molecular complexity index is 1010. The molecule has 0 aliphatic carbocycles. The molecule has 1 amide bonds. The summed E-state index contributed by atoms with van der Waals surface area (Å²) in [5.41, 5.74) is 1.42. The molecule has 0 unspecified atom stereocenters. The van der Waals surface area contributed by atoms with Gasteiger partial charge in [0.2, 0.25) is 5.91 Å². The fourth-order valence-electron chi connectivity index (χ4n) is 2.52. The van der Waals surface area contributed by atoms with Gasteiger partial charge in [-0.1, -0.05) is 12.1 Å². The van der Waals surface area contributed by atoms with Gasteiger partial charge in [-0.05, 0) is 36.4 Å². The Morgan fingerprint density at radius 3 is 2.58 bits per heavy atom. The fraction of sp³-hybridized carbons (Fsp3) is 0.158. The molecule has 7 nitrogen and oxygen atoms in total. The second-order valence-electron chi connectivity index (χ2n) is 5.63. The van der Waals surface area contributed by atoms with Crippen molar-refractivity contribution < 1.29 is 14.3 Å². The van der Waals surface area contributed by atoms with Gasteiger partial charge in [0, 0.05) is 18.7 Å². The van der Waals surface area contributed by atoms with E-state index in [0.29, 0.717) is 22.2 Å². The summed E-state index contributed by atoms with van der Waals surface area (Å²) in [6.45, 7) is 0.225. The lowest BCUT2D eigenvalue weighted by Crippen LogP contribution is -2.23. The second-order valence-corrected chi connectivity index (χ2v) is 5.63. The molecule has 2 aromatic carbocycles. The molecule has 0 aliphatic rings. The number of anilines is 1. The smallest absolute Gasteiger partial charge is 0.337 e. The largest absolute Gasteiger partial charge is 0.465 e. The normalized spacial score (nSPS) is 10.5. The zero-order valence-electron chi connectivity index (χ0n) is 14.1. The Labute approximate surface area is 149 Å². The summed E-state index contributed by atoms with van der Waals surface area (Å²) in [6, 6.07) is 13.5. The number of fused-ring (bicyclic) bond motifs is 1. The van der Waals surface area contributed by atoms with Gasteiger partial charge >= 0.3 is 5.97 Å². The molecule has 1 N–H and O–H groups in total. The van der Waals surface area contributed by atoms with E-state index in [1.807, 2.05) is 6.07 Å². The Morgan fingerprint density at radius 1 is 1.12 bits per heavy atom. The minimum Gasteiger partial charge on any atom is -0.465 e. The first kappa shape index (κ1) is 17.3. The zero-order valence-corrected chi connectivity index (χ0v) is 14.1. The summed E-state index contributed by atoms with van der Waals surface area (Å²) >= 11 is 0. The van der Waals surface area contributed by atoms with Gasteiger partial charge in [0.15, 0.2) is 0 Å². The lowest BCUT2D eigenvalue weighted by Gasteiger charge is -2.08. The molecule has 0 fully saturated rings. The molecule has 0 atom stereocenters. The number of nitrogens with zero attached hydrogens (tertiary/aromatic N) is 2. The molecular formula is C19H17N3O4. The molecule has 3 rings (SSSR count). The number of nitrogens with one attached hydrogen (secondary N) is 1. The zero-order chi connectivity index (χ0) is 18.5. The minimum absolute atomic E-state index is 0.124. The highest BCUT2D eigenvalue weighted by Gasteiger charge is 2.08. The summed E-state index contributed by atoms with van der Waals surface area (Å²) in [6.07, 6.45) is 1.57. The van der Waals surface area contributed by atoms with E-state index >= 15 is 0 Å². The van der Waals surface area contributed by atoms with Crippen LogP contribution in [0.1, 0.15) is 16.8 Å². The second kappa shape index (κ2) is 7.60. The summed E-state index contributed by atoms with van der Waals surface area (Å²) in [4.78, 5) is 40.1. The van der Waals surface area contributed by atoms with Crippen molar-refractivity contribution in [3.63, 3.8) is 0 Å². The van der Waals surface area contributed by atoms with Crippen molar-refractivity contribution in [2.75, 3.05) is 12.4 Å². The third kappa shape index (κ3) is 3.77. The lowest BCUT2D eigenvalue weighted by atomic mass is 10.2. The van der Waals surface area contributed by atoms with Crippen molar-refractivity contribution >= 4 is 28.5 Å². The van der Waals surface area contributed by atoms with Gasteiger partial charge in [0.05, 0.1) is 29.9 Å². The van der Waals surface area contributed by atoms with Crippen LogP contribution in [-0.2, 0) is 16.1 Å². The van der Waals surface area contributed by atoms with Crippen LogP contribution in [0.2, 0.25) is 0 Å². The molecule has 0 bridgehead atoms. The van der Waals surface area contributed by atoms with Gasteiger partial charge in [0.1, 0.15) is 0 Å². The van der Waals surface area contributed by atoms with Gasteiger partial charge in [0.25, 0.3) is 5.56 Å². The van der Waals surface area contributed by atoms with Crippen molar-refractivity contribution in [1.82, 2.24) is 9.55 Å². The maximum absolute atomic E-state index is 12.4. The van der Waals surface area contributed by atoms with Gasteiger partial charge in [-0.2, -0.15) is 0 Å². The van der Waals surface area contributed by atoms with E-state index in [-0.39, 0.29) is 24.4 Å². The Balaban J connectivity index is 1.63. The fourth-order valence-corrected chi connectivity index (χ4v) is 2.52. The standard InChI is InChI=1S/C19H17N3O4/c1-26-19(25)13-6-8-14(9-7-13)21-17(23)10-11-22-12-20-16-5-3-2-4-15(16)18(22)24/h2-9,12H,10-11H2,1H3,(H,21,23). The third-order valence-electron chi connectivity index (χ3n) is 3.90. The SMILES string of the molecule is COC(=O)c1ccc(NC(=O)CCn2cnc3ccccc3c2=O)cc1. The number of carbonyl (C=O) groups is 2. The van der Waals surface area contributed by atoms with Crippen LogP contribution in [0.5, 0.6) is 0 Å². The molecule has 26 heavy (non-hydrogen) atoms. The number of ether oxygens (including phenoxy) is 1. The lowest BCUT2D eigenvalue weighted by molar-refractivity contribution is -0.116. The predicted octanol–water partition coefficient (Wildman–Crippen LogP) is 2.21. The molecule has 0 aliphatic heterocycles. The number of aromatic nitrogens is 2. The topological polar surface area (TPSA) is 90.3 Å². The number of rotatable bonds is 5. The van der Waals surface area contributed by atoms with Crippen LogP contribution >= 0.6 is 0 Å². The third-order valence-corrected chi connectivity index (χ3v) is 3.90. The average molecular weight is 351 g/mol. The quantitative estimate of drug-likeness (QED) is 0.712. The van der Waals surface area contributed by atoms with Crippen molar-refractivity contribution in [1.29, 1.82) is 0 Å². The van der Waals surface area contributed by atoms with Crippen LogP contribution in [0.25, 0.3) is 10.9 Å². The van der Waals surface area contributed by atoms with Gasteiger partial charge < -0.3 is 10.1 Å². The van der Waals surface area contributed by atoms with Crippen LogP contribution in [0, 0.1) is 0 Å². The summed E-state index contributed by atoms with van der Waals surface area (Å²) in [5.74, 6) is -0.679. The van der Waals surface area contributed by atoms with Gasteiger partial charge in [-0.3, -0.25) is 14.2 Å². The highest BCUT2D eigenvalue weighted by molar-refractivity contribution is 5.93. The number of para-hydroxylation sites is 1. The Morgan fingerprint density at radius 2 is 1.85 bits per heavy atom. The van der Waals surface area contributed by atoms with E-state index in [1.54, 1.807) is 42.5 Å². The molecule has 0 spiro atoms. The van der Waals surface area contributed by atoms with Crippen molar-refractivity contribution in [2.45, 2.75) is 13.0 Å². The number of aryl methyl sites for hydroxylation is 1. The first-order chi connectivity index (χ1) is 12.6. The predicted molar refractivity (Wildman–Crippen MR) is 97.0 cm³/mol. The summed E-state index contributed by atoms with van der Waals surface area (Å²) in [5, 5.41) is 3.25. The molecule has 3 aromatic rings. The minimum atomic E-state index is -0.439. The average Bonchev–Trinajstić information content (AvgIpc) is 2.67. The molecule has 1 aromatic heterocycles. The monoisotopic (exact) mass is 351 g/mol. The van der Waals surface area contributed by atoms with E-state index < -0.39 is 5.97 Å². The number of hydrogen-bond donors (Lipinski definition) is 1. The van der Waals surface area contributed by atoms with Gasteiger partial charge in [-0.15, -0.1) is 0 Å². The Hall–Kier alpha value is -3.48. The first-order valence-corrected chi connectivity index (χ1v) is 8.01. The van der Waals surface area contributed by atoms with E-state index in [4.69, 9.17) is 0 Å². The highest BCUT2D eigenvalue weighted by Crippen LogP contribution is 2.11. The van der Waals surface area contributed by atoms with Crippen molar-refractivity contribution in [3.8, 4) is 0 Å². The molecule has 132 valence electrons. The molecule has 7 heteroatoms. The number of esters is 1. The highest BCUT2D eigenvalue weighted by atomic mass is 16.5. The van der Waals surface area contributed by atoms with Crippen LogP contribution < -0.4 is 10.9 Å². The molecule has 0 saturated heterocycles. The van der Waals surface area contributed by atoms with Crippen molar-refractivity contribution in [2.24, 2.45) is 0 Å². The van der Waals surface area contributed by atoms with E-state index in [1.165, 1.54) is 18.0 Å². The number of carbonyl (C=O) groups excluding carboxylic acids is 2. The van der Waals surface area contributed by atoms with E-state index in [0.717, 1.165) is 0 Å². The van der Waals surface area contributed by atoms with E-state index in [2.05, 4.69) is 15.0 Å². The molecule has 0 radical (unpaired) electrons. The van der Waals surface area contributed by atoms with Crippen LogP contribution in [0.15, 0.2) is 59.7 Å². The van der Waals surface area contributed by atoms with Crippen LogP contribution in [-0.4, -0.2) is 28.5 Å². The number of methoxy groups -OCH3 is 1. The number of benzene rings is 2. The Kier molecular flexibility index (Phi) is 5.07.